The van der Waals surface area contributed by atoms with Crippen molar-refractivity contribution in [2.45, 2.75) is 19.9 Å². The number of carbonyl (C=O) groups is 1. The maximum Gasteiger partial charge on any atom is 0.255 e. The second kappa shape index (κ2) is 7.27. The van der Waals surface area contributed by atoms with Gasteiger partial charge >= 0.3 is 0 Å². The number of para-hydroxylation sites is 1. The number of nitrogens with one attached hydrogen (secondary N) is 1. The number of aromatic nitrogens is 3. The molecule has 5 nitrogen and oxygen atoms in total. The van der Waals surface area contributed by atoms with Gasteiger partial charge in [0.1, 0.15) is 0 Å². The van der Waals surface area contributed by atoms with E-state index >= 15 is 0 Å². The quantitative estimate of drug-likeness (QED) is 0.774. The van der Waals surface area contributed by atoms with Crippen LogP contribution in [0.4, 0.5) is 0 Å². The molecule has 3 aromatic rings. The van der Waals surface area contributed by atoms with Crippen molar-refractivity contribution >= 4 is 17.5 Å². The average Bonchev–Trinajstić information content (AvgIpc) is 3.05. The molecule has 0 spiro atoms. The first-order chi connectivity index (χ1) is 11.7. The van der Waals surface area contributed by atoms with Crippen molar-refractivity contribution in [3.63, 3.8) is 0 Å². The smallest absolute Gasteiger partial charge is 0.255 e. The number of carbonyl (C=O) groups excluding carboxylic acids is 1. The monoisotopic (exact) mass is 340 g/mol. The van der Waals surface area contributed by atoms with Gasteiger partial charge in [-0.1, -0.05) is 30.7 Å². The van der Waals surface area contributed by atoms with Crippen molar-refractivity contribution < 1.29 is 4.79 Å². The molecule has 122 valence electrons. The van der Waals surface area contributed by atoms with Crippen LogP contribution in [-0.2, 0) is 13.0 Å². The van der Waals surface area contributed by atoms with Crippen molar-refractivity contribution in [2.24, 2.45) is 0 Å². The minimum absolute atomic E-state index is 0.151. The lowest BCUT2D eigenvalue weighted by atomic mass is 10.1. The fourth-order valence-corrected chi connectivity index (χ4v) is 2.73. The highest BCUT2D eigenvalue weighted by Crippen LogP contribution is 2.22. The number of halogens is 1. The number of amides is 1. The van der Waals surface area contributed by atoms with Gasteiger partial charge in [-0.25, -0.2) is 4.68 Å². The summed E-state index contributed by atoms with van der Waals surface area (Å²) in [6.45, 7) is 2.44. The minimum atomic E-state index is -0.151. The van der Waals surface area contributed by atoms with Crippen molar-refractivity contribution in [3.8, 4) is 5.69 Å². The van der Waals surface area contributed by atoms with E-state index in [0.29, 0.717) is 23.6 Å². The van der Waals surface area contributed by atoms with Crippen LogP contribution in [0.3, 0.4) is 0 Å². The Morgan fingerprint density at radius 1 is 1.21 bits per heavy atom. The SMILES string of the molecule is CCc1c(C(=O)NCc2ccncc2)cnn1-c1ccccc1Cl. The van der Waals surface area contributed by atoms with Crippen LogP contribution < -0.4 is 5.32 Å². The maximum absolute atomic E-state index is 12.5. The lowest BCUT2D eigenvalue weighted by molar-refractivity contribution is 0.0950. The Kier molecular flexibility index (Phi) is 4.91. The Morgan fingerprint density at radius 2 is 1.96 bits per heavy atom. The third-order valence-corrected chi connectivity index (χ3v) is 4.05. The second-order valence-corrected chi connectivity index (χ2v) is 5.67. The predicted molar refractivity (Wildman–Crippen MR) is 93.4 cm³/mol. The zero-order valence-electron chi connectivity index (χ0n) is 13.2. The van der Waals surface area contributed by atoms with Gasteiger partial charge in [0.15, 0.2) is 0 Å². The summed E-state index contributed by atoms with van der Waals surface area (Å²) in [6, 6.07) is 11.2. The molecule has 1 amide bonds. The number of nitrogens with zero attached hydrogens (tertiary/aromatic N) is 3. The van der Waals surface area contributed by atoms with Gasteiger partial charge in [-0.3, -0.25) is 9.78 Å². The van der Waals surface area contributed by atoms with Gasteiger partial charge in [0, 0.05) is 18.9 Å². The number of benzene rings is 1. The topological polar surface area (TPSA) is 59.8 Å². The predicted octanol–water partition coefficient (Wildman–Crippen LogP) is 3.41. The van der Waals surface area contributed by atoms with E-state index in [0.717, 1.165) is 16.9 Å². The minimum Gasteiger partial charge on any atom is -0.348 e. The zero-order valence-corrected chi connectivity index (χ0v) is 14.0. The molecule has 3 rings (SSSR count). The first kappa shape index (κ1) is 16.2. The van der Waals surface area contributed by atoms with Crippen LogP contribution in [0.15, 0.2) is 55.0 Å². The second-order valence-electron chi connectivity index (χ2n) is 5.26. The number of hydrogen-bond donors (Lipinski definition) is 1. The highest BCUT2D eigenvalue weighted by atomic mass is 35.5. The Bertz CT molecular complexity index is 845. The highest BCUT2D eigenvalue weighted by Gasteiger charge is 2.18. The standard InChI is InChI=1S/C18H17ClN4O/c1-2-16-14(18(24)21-11-13-7-9-20-10-8-13)12-22-23(16)17-6-4-3-5-15(17)19/h3-10,12H,2,11H2,1H3,(H,21,24). The molecule has 0 bridgehead atoms. The molecule has 6 heteroatoms. The fourth-order valence-electron chi connectivity index (χ4n) is 2.51. The molecule has 0 saturated carbocycles. The van der Waals surface area contributed by atoms with Gasteiger partial charge in [-0.2, -0.15) is 5.10 Å². The van der Waals surface area contributed by atoms with Gasteiger partial charge in [0.2, 0.25) is 0 Å². The summed E-state index contributed by atoms with van der Waals surface area (Å²) in [5.41, 5.74) is 3.15. The van der Waals surface area contributed by atoms with E-state index in [2.05, 4.69) is 15.4 Å². The van der Waals surface area contributed by atoms with E-state index in [9.17, 15) is 4.79 Å². The van der Waals surface area contributed by atoms with Crippen molar-refractivity contribution in [2.75, 3.05) is 0 Å². The van der Waals surface area contributed by atoms with Crippen LogP contribution in [0.2, 0.25) is 5.02 Å². The number of rotatable bonds is 5. The molecule has 0 fully saturated rings. The van der Waals surface area contributed by atoms with Crippen LogP contribution in [0.5, 0.6) is 0 Å². The zero-order chi connectivity index (χ0) is 16.9. The molecule has 0 saturated heterocycles. The normalized spacial score (nSPS) is 10.6. The summed E-state index contributed by atoms with van der Waals surface area (Å²) in [5, 5.41) is 7.87. The lowest BCUT2D eigenvalue weighted by Gasteiger charge is -2.10. The summed E-state index contributed by atoms with van der Waals surface area (Å²) in [7, 11) is 0. The van der Waals surface area contributed by atoms with Crippen LogP contribution in [0.1, 0.15) is 28.5 Å². The Labute approximate surface area is 145 Å². The van der Waals surface area contributed by atoms with Gasteiger partial charge < -0.3 is 5.32 Å². The third kappa shape index (κ3) is 3.31. The summed E-state index contributed by atoms with van der Waals surface area (Å²) in [4.78, 5) is 16.5. The van der Waals surface area contributed by atoms with Gasteiger partial charge in [0.25, 0.3) is 5.91 Å². The molecule has 0 unspecified atom stereocenters. The van der Waals surface area contributed by atoms with Gasteiger partial charge in [-0.15, -0.1) is 0 Å². The summed E-state index contributed by atoms with van der Waals surface area (Å²) in [6.07, 6.45) is 5.66. The van der Waals surface area contributed by atoms with E-state index in [1.54, 1.807) is 29.3 Å². The largest absolute Gasteiger partial charge is 0.348 e. The van der Waals surface area contributed by atoms with E-state index in [-0.39, 0.29) is 5.91 Å². The van der Waals surface area contributed by atoms with Crippen LogP contribution in [0.25, 0.3) is 5.69 Å². The third-order valence-electron chi connectivity index (χ3n) is 3.73. The molecular weight excluding hydrogens is 324 g/mol. The van der Waals surface area contributed by atoms with Crippen LogP contribution in [-0.4, -0.2) is 20.7 Å². The van der Waals surface area contributed by atoms with E-state index < -0.39 is 0 Å². The lowest BCUT2D eigenvalue weighted by Crippen LogP contribution is -2.23. The average molecular weight is 341 g/mol. The highest BCUT2D eigenvalue weighted by molar-refractivity contribution is 6.32. The summed E-state index contributed by atoms with van der Waals surface area (Å²) < 4.78 is 1.73. The summed E-state index contributed by atoms with van der Waals surface area (Å²) >= 11 is 6.25. The summed E-state index contributed by atoms with van der Waals surface area (Å²) in [5.74, 6) is -0.151. The van der Waals surface area contributed by atoms with Gasteiger partial charge in [-0.05, 0) is 36.2 Å². The Hall–Kier alpha value is -2.66. The van der Waals surface area contributed by atoms with Crippen molar-refractivity contribution in [1.29, 1.82) is 0 Å². The molecule has 0 aliphatic carbocycles. The molecule has 0 aliphatic rings. The number of pyridine rings is 1. The Morgan fingerprint density at radius 3 is 2.67 bits per heavy atom. The van der Waals surface area contributed by atoms with Gasteiger partial charge in [0.05, 0.1) is 28.2 Å². The molecule has 0 radical (unpaired) electrons. The van der Waals surface area contributed by atoms with E-state index in [1.807, 2.05) is 37.3 Å². The molecule has 2 aromatic heterocycles. The van der Waals surface area contributed by atoms with Crippen molar-refractivity contribution in [3.05, 3.63) is 76.8 Å². The molecule has 2 heterocycles. The number of hydrogen-bond acceptors (Lipinski definition) is 3. The van der Waals surface area contributed by atoms with E-state index in [1.165, 1.54) is 0 Å². The molecule has 24 heavy (non-hydrogen) atoms. The van der Waals surface area contributed by atoms with E-state index in [4.69, 9.17) is 11.6 Å². The molecule has 1 aromatic carbocycles. The molecular formula is C18H17ClN4O. The fraction of sp³-hybridized carbons (Fsp3) is 0.167. The first-order valence-electron chi connectivity index (χ1n) is 7.69. The van der Waals surface area contributed by atoms with Crippen molar-refractivity contribution in [1.82, 2.24) is 20.1 Å². The first-order valence-corrected chi connectivity index (χ1v) is 8.07. The van der Waals surface area contributed by atoms with Crippen LogP contribution in [0, 0.1) is 0 Å². The van der Waals surface area contributed by atoms with Crippen LogP contribution >= 0.6 is 11.6 Å². The molecule has 1 N–H and O–H groups in total. The molecule has 0 atom stereocenters. The maximum atomic E-state index is 12.5. The molecule has 0 aliphatic heterocycles. The Balaban J connectivity index is 1.84.